The molecule has 1 N–H and O–H groups in total. The van der Waals surface area contributed by atoms with Crippen molar-refractivity contribution in [2.45, 2.75) is 33.7 Å². The Morgan fingerprint density at radius 2 is 2.04 bits per heavy atom. The highest BCUT2D eigenvalue weighted by Crippen LogP contribution is 2.20. The molecule has 1 aromatic carbocycles. The summed E-state index contributed by atoms with van der Waals surface area (Å²) in [5.74, 6) is 1.15. The van der Waals surface area contributed by atoms with Gasteiger partial charge in [0.1, 0.15) is 11.6 Å². The highest BCUT2D eigenvalue weighted by Gasteiger charge is 2.16. The number of nitrogens with zero attached hydrogens (tertiary/aromatic N) is 3. The fourth-order valence-electron chi connectivity index (χ4n) is 2.66. The lowest BCUT2D eigenvalue weighted by atomic mass is 10.1. The molecule has 0 aliphatic carbocycles. The van der Waals surface area contributed by atoms with Gasteiger partial charge in [0, 0.05) is 16.7 Å². The summed E-state index contributed by atoms with van der Waals surface area (Å²) in [6, 6.07) is 9.42. The number of aromatic nitrogens is 3. The van der Waals surface area contributed by atoms with Crippen LogP contribution in [0.2, 0.25) is 5.02 Å². The van der Waals surface area contributed by atoms with Crippen LogP contribution in [-0.4, -0.2) is 20.8 Å². The molecular formula is C18H19ClN4O2. The Hall–Kier alpha value is -2.60. The lowest BCUT2D eigenvalue weighted by Gasteiger charge is -2.10. The van der Waals surface area contributed by atoms with Crippen LogP contribution in [0.3, 0.4) is 0 Å². The molecule has 0 saturated carbocycles. The second kappa shape index (κ2) is 7.11. The molecule has 0 radical (unpaired) electrons. The molecule has 3 rings (SSSR count). The van der Waals surface area contributed by atoms with E-state index in [2.05, 4.69) is 15.6 Å². The molecular weight excluding hydrogens is 340 g/mol. The number of carbonyl (C=O) groups excluding carboxylic acids is 1. The molecule has 7 heteroatoms. The van der Waals surface area contributed by atoms with Crippen LogP contribution >= 0.6 is 11.6 Å². The zero-order valence-corrected chi connectivity index (χ0v) is 15.1. The number of hydrogen-bond acceptors (Lipinski definition) is 4. The Balaban J connectivity index is 1.77. The number of hydrogen-bond donors (Lipinski definition) is 1. The van der Waals surface area contributed by atoms with Crippen LogP contribution in [-0.2, 0) is 17.8 Å². The molecule has 2 heterocycles. The second-order valence-electron chi connectivity index (χ2n) is 5.95. The first-order valence-corrected chi connectivity index (χ1v) is 8.31. The van der Waals surface area contributed by atoms with Crippen molar-refractivity contribution in [3.8, 4) is 0 Å². The van der Waals surface area contributed by atoms with Crippen molar-refractivity contribution in [3.63, 3.8) is 0 Å². The van der Waals surface area contributed by atoms with Crippen molar-refractivity contribution in [2.75, 3.05) is 5.32 Å². The largest absolute Gasteiger partial charge is 0.361 e. The molecule has 0 fully saturated rings. The SMILES string of the molecule is Cc1cc(NC(=O)Cc2c(C)noc2C)n(Cc2ccccc2Cl)n1. The Morgan fingerprint density at radius 1 is 1.28 bits per heavy atom. The van der Waals surface area contributed by atoms with Crippen LogP contribution in [0.5, 0.6) is 0 Å². The monoisotopic (exact) mass is 358 g/mol. The molecule has 0 aliphatic heterocycles. The summed E-state index contributed by atoms with van der Waals surface area (Å²) in [4.78, 5) is 12.4. The van der Waals surface area contributed by atoms with Gasteiger partial charge in [-0.3, -0.25) is 4.79 Å². The number of carbonyl (C=O) groups is 1. The fourth-order valence-corrected chi connectivity index (χ4v) is 2.85. The van der Waals surface area contributed by atoms with E-state index in [9.17, 15) is 4.79 Å². The molecule has 25 heavy (non-hydrogen) atoms. The van der Waals surface area contributed by atoms with E-state index in [1.807, 2.05) is 44.2 Å². The number of anilines is 1. The minimum atomic E-state index is -0.144. The van der Waals surface area contributed by atoms with Crippen LogP contribution in [0.15, 0.2) is 34.9 Å². The zero-order chi connectivity index (χ0) is 18.0. The first-order chi connectivity index (χ1) is 11.9. The van der Waals surface area contributed by atoms with Crippen molar-refractivity contribution < 1.29 is 9.32 Å². The van der Waals surface area contributed by atoms with Gasteiger partial charge in [-0.1, -0.05) is 35.0 Å². The number of benzene rings is 1. The number of amides is 1. The van der Waals surface area contributed by atoms with E-state index in [0.717, 1.165) is 22.5 Å². The standard InChI is InChI=1S/C18H19ClN4O2/c1-11-8-17(20-18(24)9-15-12(2)22-25-13(15)3)23(21-11)10-14-6-4-5-7-16(14)19/h4-8H,9-10H2,1-3H3,(H,20,24). The highest BCUT2D eigenvalue weighted by atomic mass is 35.5. The molecule has 0 atom stereocenters. The summed E-state index contributed by atoms with van der Waals surface area (Å²) in [7, 11) is 0. The molecule has 0 spiro atoms. The van der Waals surface area contributed by atoms with E-state index >= 15 is 0 Å². The molecule has 0 unspecified atom stereocenters. The van der Waals surface area contributed by atoms with Gasteiger partial charge in [-0.25, -0.2) is 4.68 Å². The zero-order valence-electron chi connectivity index (χ0n) is 14.3. The normalized spacial score (nSPS) is 10.9. The summed E-state index contributed by atoms with van der Waals surface area (Å²) >= 11 is 6.22. The molecule has 130 valence electrons. The minimum Gasteiger partial charge on any atom is -0.361 e. The molecule has 0 bridgehead atoms. The average molecular weight is 359 g/mol. The van der Waals surface area contributed by atoms with Gasteiger partial charge in [0.15, 0.2) is 0 Å². The Labute approximate surface area is 150 Å². The third-order valence-electron chi connectivity index (χ3n) is 3.97. The van der Waals surface area contributed by atoms with Gasteiger partial charge in [0.25, 0.3) is 0 Å². The number of rotatable bonds is 5. The van der Waals surface area contributed by atoms with Crippen LogP contribution in [0.25, 0.3) is 0 Å². The van der Waals surface area contributed by atoms with E-state index in [1.165, 1.54) is 0 Å². The number of nitrogens with one attached hydrogen (secondary N) is 1. The van der Waals surface area contributed by atoms with Gasteiger partial charge in [0.05, 0.1) is 24.4 Å². The third-order valence-corrected chi connectivity index (χ3v) is 4.33. The summed E-state index contributed by atoms with van der Waals surface area (Å²) in [5.41, 5.74) is 3.30. The molecule has 1 amide bonds. The van der Waals surface area contributed by atoms with Crippen LogP contribution in [0.1, 0.15) is 28.3 Å². The highest BCUT2D eigenvalue weighted by molar-refractivity contribution is 6.31. The molecule has 0 saturated heterocycles. The quantitative estimate of drug-likeness (QED) is 0.755. The maximum Gasteiger partial charge on any atom is 0.230 e. The predicted molar refractivity (Wildman–Crippen MR) is 95.8 cm³/mol. The molecule has 6 nitrogen and oxygen atoms in total. The number of halogens is 1. The van der Waals surface area contributed by atoms with E-state index in [-0.39, 0.29) is 12.3 Å². The van der Waals surface area contributed by atoms with Crippen molar-refractivity contribution >= 4 is 23.3 Å². The molecule has 2 aromatic heterocycles. The fraction of sp³-hybridized carbons (Fsp3) is 0.278. The van der Waals surface area contributed by atoms with Crippen molar-refractivity contribution in [2.24, 2.45) is 0 Å². The predicted octanol–water partition coefficient (Wildman–Crippen LogP) is 3.68. The smallest absolute Gasteiger partial charge is 0.230 e. The van der Waals surface area contributed by atoms with E-state index in [0.29, 0.717) is 23.1 Å². The van der Waals surface area contributed by atoms with Gasteiger partial charge < -0.3 is 9.84 Å². The van der Waals surface area contributed by atoms with Gasteiger partial charge in [-0.05, 0) is 32.4 Å². The first-order valence-electron chi connectivity index (χ1n) is 7.93. The Morgan fingerprint density at radius 3 is 2.72 bits per heavy atom. The van der Waals surface area contributed by atoms with Crippen LogP contribution in [0, 0.1) is 20.8 Å². The second-order valence-corrected chi connectivity index (χ2v) is 6.35. The van der Waals surface area contributed by atoms with Crippen molar-refractivity contribution in [1.82, 2.24) is 14.9 Å². The Bertz CT molecular complexity index is 894. The lowest BCUT2D eigenvalue weighted by Crippen LogP contribution is -2.18. The third kappa shape index (κ3) is 3.91. The average Bonchev–Trinajstić information content (AvgIpc) is 3.06. The van der Waals surface area contributed by atoms with Gasteiger partial charge >= 0.3 is 0 Å². The van der Waals surface area contributed by atoms with Crippen molar-refractivity contribution in [3.05, 3.63) is 63.6 Å². The van der Waals surface area contributed by atoms with Gasteiger partial charge in [0.2, 0.25) is 5.91 Å². The first kappa shape index (κ1) is 17.2. The van der Waals surface area contributed by atoms with Gasteiger partial charge in [-0.2, -0.15) is 5.10 Å². The maximum absolute atomic E-state index is 12.4. The van der Waals surface area contributed by atoms with Crippen LogP contribution in [0.4, 0.5) is 5.82 Å². The van der Waals surface area contributed by atoms with Crippen molar-refractivity contribution in [1.29, 1.82) is 0 Å². The lowest BCUT2D eigenvalue weighted by molar-refractivity contribution is -0.115. The van der Waals surface area contributed by atoms with Crippen LogP contribution < -0.4 is 5.32 Å². The van der Waals surface area contributed by atoms with Gasteiger partial charge in [-0.15, -0.1) is 0 Å². The summed E-state index contributed by atoms with van der Waals surface area (Å²) in [6.45, 7) is 5.99. The van der Waals surface area contributed by atoms with E-state index in [1.54, 1.807) is 11.6 Å². The minimum absolute atomic E-state index is 0.144. The number of aryl methyl sites for hydroxylation is 3. The maximum atomic E-state index is 12.4. The Kier molecular flexibility index (Phi) is 4.90. The summed E-state index contributed by atoms with van der Waals surface area (Å²) < 4.78 is 6.84. The van der Waals surface area contributed by atoms with E-state index < -0.39 is 0 Å². The summed E-state index contributed by atoms with van der Waals surface area (Å²) in [6.07, 6.45) is 0.206. The molecule has 3 aromatic rings. The summed E-state index contributed by atoms with van der Waals surface area (Å²) in [5, 5.41) is 11.9. The molecule has 0 aliphatic rings. The topological polar surface area (TPSA) is 73.0 Å². The van der Waals surface area contributed by atoms with E-state index in [4.69, 9.17) is 16.1 Å².